The van der Waals surface area contributed by atoms with Gasteiger partial charge < -0.3 is 14.8 Å². The van der Waals surface area contributed by atoms with Crippen molar-refractivity contribution in [2.24, 2.45) is 0 Å². The summed E-state index contributed by atoms with van der Waals surface area (Å²) in [6.45, 7) is 1.95. The molecule has 7 nitrogen and oxygen atoms in total. The zero-order valence-corrected chi connectivity index (χ0v) is 18.0. The average molecular weight is 439 g/mol. The highest BCUT2D eigenvalue weighted by molar-refractivity contribution is 7.92. The molecule has 0 aromatic heterocycles. The third-order valence-electron chi connectivity index (χ3n) is 4.71. The fourth-order valence-corrected chi connectivity index (χ4v) is 4.39. The van der Waals surface area contributed by atoms with Crippen LogP contribution in [0.25, 0.3) is 0 Å². The molecule has 0 bridgehead atoms. The number of methoxy groups -OCH3 is 1. The Morgan fingerprint density at radius 1 is 1.31 bits per heavy atom. The summed E-state index contributed by atoms with van der Waals surface area (Å²) in [6, 6.07) is 11.8. The number of nitrogens with zero attached hydrogens (tertiary/aromatic N) is 1. The van der Waals surface area contributed by atoms with Crippen LogP contribution in [0.4, 0.5) is 5.69 Å². The number of benzene rings is 2. The summed E-state index contributed by atoms with van der Waals surface area (Å²) in [5.74, 6) is 0.632. The minimum atomic E-state index is -3.56. The number of amides is 1. The molecule has 0 fully saturated rings. The van der Waals surface area contributed by atoms with Crippen LogP contribution in [0.2, 0.25) is 5.02 Å². The van der Waals surface area contributed by atoms with Crippen molar-refractivity contribution >= 4 is 33.2 Å². The van der Waals surface area contributed by atoms with E-state index in [4.69, 9.17) is 21.1 Å². The fraction of sp³-hybridized carbons (Fsp3) is 0.350. The van der Waals surface area contributed by atoms with Gasteiger partial charge in [0.2, 0.25) is 10.0 Å². The average Bonchev–Trinajstić information content (AvgIpc) is 2.87. The van der Waals surface area contributed by atoms with Crippen LogP contribution in [0.1, 0.15) is 24.9 Å². The SMILES string of the molecule is COc1ccccc1[C@@H](C)NC(=O)[C@H]1CCN(S(C)(=O)=O)c2cc(Cl)ccc2O1. The van der Waals surface area contributed by atoms with Crippen LogP contribution in [0.15, 0.2) is 42.5 Å². The fourth-order valence-electron chi connectivity index (χ4n) is 3.29. The first-order valence-electron chi connectivity index (χ1n) is 9.08. The van der Waals surface area contributed by atoms with Crippen LogP contribution in [0.3, 0.4) is 0 Å². The van der Waals surface area contributed by atoms with Gasteiger partial charge >= 0.3 is 0 Å². The maximum atomic E-state index is 12.9. The molecular formula is C20H23ClN2O5S. The first kappa shape index (κ1) is 21.3. The molecule has 2 atom stereocenters. The zero-order chi connectivity index (χ0) is 21.2. The van der Waals surface area contributed by atoms with Crippen molar-refractivity contribution < 1.29 is 22.7 Å². The van der Waals surface area contributed by atoms with Crippen LogP contribution in [0.5, 0.6) is 11.5 Å². The molecule has 3 rings (SSSR count). The molecule has 0 unspecified atom stereocenters. The van der Waals surface area contributed by atoms with Crippen molar-refractivity contribution in [2.75, 3.05) is 24.2 Å². The lowest BCUT2D eigenvalue weighted by molar-refractivity contribution is -0.128. The molecule has 0 saturated carbocycles. The van der Waals surface area contributed by atoms with Crippen molar-refractivity contribution in [2.45, 2.75) is 25.5 Å². The second-order valence-corrected chi connectivity index (χ2v) is 9.16. The summed E-state index contributed by atoms with van der Waals surface area (Å²) in [5.41, 5.74) is 1.16. The van der Waals surface area contributed by atoms with Gasteiger partial charge in [-0.05, 0) is 31.2 Å². The van der Waals surface area contributed by atoms with Crippen molar-refractivity contribution in [3.05, 3.63) is 53.1 Å². The predicted octanol–water partition coefficient (Wildman–Crippen LogP) is 3.14. The topological polar surface area (TPSA) is 84.9 Å². The summed E-state index contributed by atoms with van der Waals surface area (Å²) in [5, 5.41) is 3.31. The number of rotatable bonds is 5. The monoisotopic (exact) mass is 438 g/mol. The number of nitrogens with one attached hydrogen (secondary N) is 1. The summed E-state index contributed by atoms with van der Waals surface area (Å²) < 4.78 is 36.9. The summed E-state index contributed by atoms with van der Waals surface area (Å²) in [7, 11) is -1.98. The Kier molecular flexibility index (Phi) is 6.24. The number of sulfonamides is 1. The van der Waals surface area contributed by atoms with Gasteiger partial charge in [0.1, 0.15) is 11.5 Å². The molecule has 0 aliphatic carbocycles. The molecular weight excluding hydrogens is 416 g/mol. The van der Waals surface area contributed by atoms with Crippen LogP contribution in [0, 0.1) is 0 Å². The number of carbonyl (C=O) groups excluding carboxylic acids is 1. The third-order valence-corrected chi connectivity index (χ3v) is 6.13. The van der Waals surface area contributed by atoms with E-state index in [9.17, 15) is 13.2 Å². The Morgan fingerprint density at radius 2 is 2.03 bits per heavy atom. The lowest BCUT2D eigenvalue weighted by Gasteiger charge is -2.21. The van der Waals surface area contributed by atoms with Gasteiger partial charge in [0.05, 0.1) is 25.1 Å². The summed E-state index contributed by atoms with van der Waals surface area (Å²) >= 11 is 6.04. The minimum Gasteiger partial charge on any atom is -0.496 e. The molecule has 1 heterocycles. The first-order valence-corrected chi connectivity index (χ1v) is 11.3. The quantitative estimate of drug-likeness (QED) is 0.775. The molecule has 9 heteroatoms. The highest BCUT2D eigenvalue weighted by Crippen LogP contribution is 2.36. The van der Waals surface area contributed by atoms with Crippen LogP contribution < -0.4 is 19.1 Å². The van der Waals surface area contributed by atoms with Gasteiger partial charge in [0.25, 0.3) is 5.91 Å². The summed E-state index contributed by atoms with van der Waals surface area (Å²) in [4.78, 5) is 12.9. The Morgan fingerprint density at radius 3 is 2.72 bits per heavy atom. The number of anilines is 1. The molecule has 1 aliphatic heterocycles. The van der Waals surface area contributed by atoms with Gasteiger partial charge in [-0.2, -0.15) is 0 Å². The van der Waals surface area contributed by atoms with Gasteiger partial charge in [-0.25, -0.2) is 8.42 Å². The standard InChI is InChI=1S/C20H23ClN2O5S/c1-13(15-6-4-5-7-17(15)27-2)22-20(24)19-10-11-23(29(3,25)26)16-12-14(21)8-9-18(16)28-19/h4-9,12-13,19H,10-11H2,1-3H3,(H,22,24)/t13-,19-/m1/s1. The Hall–Kier alpha value is -2.45. The number of carbonyl (C=O) groups is 1. The van der Waals surface area contributed by atoms with Crippen molar-refractivity contribution in [1.29, 1.82) is 0 Å². The Balaban J connectivity index is 1.83. The molecule has 2 aromatic carbocycles. The van der Waals surface area contributed by atoms with E-state index in [1.54, 1.807) is 19.2 Å². The maximum absolute atomic E-state index is 12.9. The van der Waals surface area contributed by atoms with Gasteiger partial charge in [-0.3, -0.25) is 9.10 Å². The lowest BCUT2D eigenvalue weighted by Crippen LogP contribution is -2.40. The number of fused-ring (bicyclic) bond motifs is 1. The summed E-state index contributed by atoms with van der Waals surface area (Å²) in [6.07, 6.45) is 0.463. The van der Waals surface area contributed by atoms with Crippen LogP contribution >= 0.6 is 11.6 Å². The molecule has 156 valence electrons. The van der Waals surface area contributed by atoms with E-state index in [1.807, 2.05) is 31.2 Å². The highest BCUT2D eigenvalue weighted by Gasteiger charge is 2.32. The smallest absolute Gasteiger partial charge is 0.261 e. The molecule has 0 radical (unpaired) electrons. The Bertz CT molecular complexity index is 1010. The molecule has 29 heavy (non-hydrogen) atoms. The van der Waals surface area contributed by atoms with Crippen molar-refractivity contribution in [1.82, 2.24) is 5.32 Å². The van der Waals surface area contributed by atoms with Crippen molar-refractivity contribution in [3.8, 4) is 11.5 Å². The highest BCUT2D eigenvalue weighted by atomic mass is 35.5. The maximum Gasteiger partial charge on any atom is 0.261 e. The van der Waals surface area contributed by atoms with E-state index in [1.165, 1.54) is 10.4 Å². The second kappa shape index (κ2) is 8.51. The van der Waals surface area contributed by atoms with Gasteiger partial charge in [-0.1, -0.05) is 29.8 Å². The van der Waals surface area contributed by atoms with E-state index >= 15 is 0 Å². The van der Waals surface area contributed by atoms with Gasteiger partial charge in [0.15, 0.2) is 6.10 Å². The molecule has 1 N–H and O–H groups in total. The minimum absolute atomic E-state index is 0.104. The molecule has 0 saturated heterocycles. The molecule has 0 spiro atoms. The van der Waals surface area contributed by atoms with Gasteiger partial charge in [0, 0.05) is 23.6 Å². The first-order chi connectivity index (χ1) is 13.7. The number of hydrogen-bond acceptors (Lipinski definition) is 5. The largest absolute Gasteiger partial charge is 0.496 e. The van der Waals surface area contributed by atoms with Crippen LogP contribution in [-0.2, 0) is 14.8 Å². The lowest BCUT2D eigenvalue weighted by atomic mass is 10.1. The van der Waals surface area contributed by atoms with E-state index < -0.39 is 16.1 Å². The van der Waals surface area contributed by atoms with E-state index in [-0.39, 0.29) is 24.9 Å². The van der Waals surface area contributed by atoms with Gasteiger partial charge in [-0.15, -0.1) is 0 Å². The number of ether oxygens (including phenoxy) is 2. The zero-order valence-electron chi connectivity index (χ0n) is 16.4. The predicted molar refractivity (Wildman–Crippen MR) is 112 cm³/mol. The van der Waals surface area contributed by atoms with Crippen LogP contribution in [-0.4, -0.2) is 40.3 Å². The van der Waals surface area contributed by atoms with E-state index in [0.29, 0.717) is 22.2 Å². The number of hydrogen-bond donors (Lipinski definition) is 1. The van der Waals surface area contributed by atoms with E-state index in [0.717, 1.165) is 11.8 Å². The molecule has 1 amide bonds. The van der Waals surface area contributed by atoms with Crippen molar-refractivity contribution in [3.63, 3.8) is 0 Å². The molecule has 1 aliphatic rings. The molecule has 2 aromatic rings. The van der Waals surface area contributed by atoms with E-state index in [2.05, 4.69) is 5.32 Å². The number of para-hydroxylation sites is 1. The normalized spacial score (nSPS) is 17.5. The number of halogens is 1. The third kappa shape index (κ3) is 4.76. The Labute approximate surface area is 175 Å². The second-order valence-electron chi connectivity index (χ2n) is 6.81.